The van der Waals surface area contributed by atoms with Crippen LogP contribution in [0.2, 0.25) is 0 Å². The number of amides is 1. The molecule has 2 aromatic carbocycles. The van der Waals surface area contributed by atoms with Crippen LogP contribution in [0.15, 0.2) is 54.6 Å². The number of aryl methyl sites for hydroxylation is 2. The average molecular weight is 554 g/mol. The maximum Gasteiger partial charge on any atom is 0.310 e. The van der Waals surface area contributed by atoms with Gasteiger partial charge in [-0.3, -0.25) is 14.6 Å². The topological polar surface area (TPSA) is 71.5 Å². The lowest BCUT2D eigenvalue weighted by Gasteiger charge is -2.34. The van der Waals surface area contributed by atoms with Crippen molar-refractivity contribution in [2.24, 2.45) is 5.41 Å². The number of nitrogens with one attached hydrogen (secondary N) is 1. The van der Waals surface area contributed by atoms with Crippen LogP contribution in [0.3, 0.4) is 0 Å². The zero-order valence-electron chi connectivity index (χ0n) is 25.0. The second-order valence-electron chi connectivity index (χ2n) is 12.2. The van der Waals surface area contributed by atoms with E-state index >= 15 is 0 Å². The summed E-state index contributed by atoms with van der Waals surface area (Å²) in [6.07, 6.45) is 7.71. The summed E-state index contributed by atoms with van der Waals surface area (Å²) in [6.45, 7) is 10.3. The summed E-state index contributed by atoms with van der Waals surface area (Å²) in [7, 11) is 0. The van der Waals surface area contributed by atoms with Crippen LogP contribution in [-0.2, 0) is 22.5 Å². The van der Waals surface area contributed by atoms with E-state index in [-0.39, 0.29) is 24.4 Å². The Morgan fingerprint density at radius 1 is 0.951 bits per heavy atom. The quantitative estimate of drug-likeness (QED) is 0.306. The molecule has 0 atom stereocenters. The molecule has 3 aromatic rings. The van der Waals surface area contributed by atoms with E-state index in [1.165, 1.54) is 38.5 Å². The number of pyridine rings is 1. The van der Waals surface area contributed by atoms with Crippen molar-refractivity contribution in [3.05, 3.63) is 82.7 Å². The van der Waals surface area contributed by atoms with E-state index in [1.54, 1.807) is 0 Å². The molecule has 216 valence electrons. The van der Waals surface area contributed by atoms with E-state index in [1.807, 2.05) is 75.4 Å². The van der Waals surface area contributed by atoms with Gasteiger partial charge in [0, 0.05) is 47.7 Å². The second-order valence-corrected chi connectivity index (χ2v) is 12.2. The highest BCUT2D eigenvalue weighted by Crippen LogP contribution is 2.48. The monoisotopic (exact) mass is 553 g/mol. The summed E-state index contributed by atoms with van der Waals surface area (Å²) in [5, 5.41) is 3.02. The van der Waals surface area contributed by atoms with Crippen LogP contribution in [0, 0.1) is 19.3 Å². The molecule has 1 N–H and O–H groups in total. The van der Waals surface area contributed by atoms with Crippen LogP contribution in [0.4, 0.5) is 5.69 Å². The first-order chi connectivity index (χ1) is 19.7. The van der Waals surface area contributed by atoms with Crippen molar-refractivity contribution in [2.45, 2.75) is 85.3 Å². The molecule has 1 aliphatic carbocycles. The molecular formula is C35H43N3O3. The second kappa shape index (κ2) is 12.5. The Labute approximate surface area is 244 Å². The van der Waals surface area contributed by atoms with E-state index in [9.17, 15) is 9.59 Å². The number of aromatic nitrogens is 1. The molecule has 1 spiro atoms. The van der Waals surface area contributed by atoms with E-state index in [2.05, 4.69) is 17.1 Å². The third-order valence-electron chi connectivity index (χ3n) is 8.75. The zero-order chi connectivity index (χ0) is 29.0. The minimum atomic E-state index is -0.224. The van der Waals surface area contributed by atoms with Gasteiger partial charge >= 0.3 is 5.97 Å². The molecule has 1 saturated carbocycles. The molecule has 6 heteroatoms. The van der Waals surface area contributed by atoms with Gasteiger partial charge in [-0.15, -0.1) is 0 Å². The molecule has 2 heterocycles. The SMILES string of the molecule is Cc1nc(C)c(-c2ccc(C(=O)NCc3ccccc3)cc2)c(N2CCC3(CCCCC3)C2)c1CC(=O)OC(C)C. The summed E-state index contributed by atoms with van der Waals surface area (Å²) in [5.41, 5.74) is 7.97. The Balaban J connectivity index is 1.48. The number of ether oxygens (including phenoxy) is 1. The van der Waals surface area contributed by atoms with Gasteiger partial charge in [-0.2, -0.15) is 0 Å². The lowest BCUT2D eigenvalue weighted by Crippen LogP contribution is -2.30. The fraction of sp³-hybridized carbons (Fsp3) is 0.457. The molecule has 41 heavy (non-hydrogen) atoms. The summed E-state index contributed by atoms with van der Waals surface area (Å²) in [4.78, 5) is 33.3. The van der Waals surface area contributed by atoms with Gasteiger partial charge in [0.1, 0.15) is 0 Å². The lowest BCUT2D eigenvalue weighted by atomic mass is 9.73. The largest absolute Gasteiger partial charge is 0.463 e. The van der Waals surface area contributed by atoms with Crippen molar-refractivity contribution in [3.63, 3.8) is 0 Å². The van der Waals surface area contributed by atoms with E-state index in [4.69, 9.17) is 9.72 Å². The van der Waals surface area contributed by atoms with Gasteiger partial charge in [-0.05, 0) is 75.6 Å². The number of carbonyl (C=O) groups excluding carboxylic acids is 2. The molecule has 1 amide bonds. The Morgan fingerprint density at radius 2 is 1.66 bits per heavy atom. The van der Waals surface area contributed by atoms with E-state index in [0.29, 0.717) is 17.5 Å². The average Bonchev–Trinajstić information content (AvgIpc) is 3.36. The highest BCUT2D eigenvalue weighted by molar-refractivity contribution is 5.95. The fourth-order valence-electron chi connectivity index (χ4n) is 6.73. The molecular weight excluding hydrogens is 510 g/mol. The van der Waals surface area contributed by atoms with Crippen molar-refractivity contribution >= 4 is 17.6 Å². The fourth-order valence-corrected chi connectivity index (χ4v) is 6.73. The van der Waals surface area contributed by atoms with Crippen LogP contribution >= 0.6 is 0 Å². The van der Waals surface area contributed by atoms with Gasteiger partial charge in [-0.25, -0.2) is 0 Å². The Kier molecular flexibility index (Phi) is 8.77. The number of nitrogens with zero attached hydrogens (tertiary/aromatic N) is 2. The van der Waals surface area contributed by atoms with E-state index in [0.717, 1.165) is 52.4 Å². The molecule has 2 aliphatic rings. The van der Waals surface area contributed by atoms with Crippen molar-refractivity contribution in [1.29, 1.82) is 0 Å². The summed E-state index contributed by atoms with van der Waals surface area (Å²) in [6, 6.07) is 17.7. The third-order valence-corrected chi connectivity index (χ3v) is 8.75. The molecule has 0 unspecified atom stereocenters. The third kappa shape index (κ3) is 6.64. The number of carbonyl (C=O) groups is 2. The molecule has 1 aromatic heterocycles. The van der Waals surface area contributed by atoms with Crippen LogP contribution < -0.4 is 10.2 Å². The van der Waals surface area contributed by atoms with Gasteiger partial charge < -0.3 is 15.0 Å². The first-order valence-corrected chi connectivity index (χ1v) is 15.1. The summed E-state index contributed by atoms with van der Waals surface area (Å²) >= 11 is 0. The van der Waals surface area contributed by atoms with Crippen LogP contribution in [0.5, 0.6) is 0 Å². The van der Waals surface area contributed by atoms with Crippen molar-refractivity contribution in [2.75, 3.05) is 18.0 Å². The summed E-state index contributed by atoms with van der Waals surface area (Å²) in [5.74, 6) is -0.326. The predicted molar refractivity (Wildman–Crippen MR) is 164 cm³/mol. The van der Waals surface area contributed by atoms with Crippen LogP contribution in [0.25, 0.3) is 11.1 Å². The number of rotatable bonds is 8. The van der Waals surface area contributed by atoms with Crippen molar-refractivity contribution in [3.8, 4) is 11.1 Å². The maximum absolute atomic E-state index is 12.9. The van der Waals surface area contributed by atoms with Crippen LogP contribution in [0.1, 0.15) is 85.2 Å². The number of hydrogen-bond acceptors (Lipinski definition) is 5. The van der Waals surface area contributed by atoms with Crippen molar-refractivity contribution < 1.29 is 14.3 Å². The normalized spacial score (nSPS) is 16.3. The Hall–Kier alpha value is -3.67. The standard InChI is InChI=1S/C35H43N3O3/c1-24(2)41-31(39)21-30-25(3)37-26(4)32(33(30)38-20-19-35(23-38)17-9-6-10-18-35)28-13-15-29(16-14-28)34(40)36-22-27-11-7-5-8-12-27/h5,7-8,11-16,24H,6,9-10,17-23H2,1-4H3,(H,36,40). The first kappa shape index (κ1) is 28.8. The molecule has 6 nitrogen and oxygen atoms in total. The molecule has 2 fully saturated rings. The van der Waals surface area contributed by atoms with E-state index < -0.39 is 0 Å². The highest BCUT2D eigenvalue weighted by atomic mass is 16.5. The van der Waals surface area contributed by atoms with Gasteiger partial charge in [0.05, 0.1) is 18.2 Å². The van der Waals surface area contributed by atoms with Gasteiger partial charge in [-0.1, -0.05) is 61.7 Å². The Morgan fingerprint density at radius 3 is 2.34 bits per heavy atom. The number of hydrogen-bond donors (Lipinski definition) is 1. The van der Waals surface area contributed by atoms with Crippen LogP contribution in [-0.4, -0.2) is 36.1 Å². The Bertz CT molecular complexity index is 1380. The maximum atomic E-state index is 12.9. The van der Waals surface area contributed by atoms with Gasteiger partial charge in [0.15, 0.2) is 0 Å². The smallest absolute Gasteiger partial charge is 0.310 e. The predicted octanol–water partition coefficient (Wildman–Crippen LogP) is 6.95. The number of benzene rings is 2. The number of esters is 1. The van der Waals surface area contributed by atoms with Gasteiger partial charge in [0.2, 0.25) is 0 Å². The van der Waals surface area contributed by atoms with Gasteiger partial charge in [0.25, 0.3) is 5.91 Å². The minimum absolute atomic E-state index is 0.102. The molecule has 5 rings (SSSR count). The highest BCUT2D eigenvalue weighted by Gasteiger charge is 2.40. The lowest BCUT2D eigenvalue weighted by molar-refractivity contribution is -0.146. The zero-order valence-corrected chi connectivity index (χ0v) is 25.0. The molecule has 0 radical (unpaired) electrons. The minimum Gasteiger partial charge on any atom is -0.463 e. The first-order valence-electron chi connectivity index (χ1n) is 15.1. The molecule has 1 saturated heterocycles. The van der Waals surface area contributed by atoms with Crippen molar-refractivity contribution in [1.82, 2.24) is 10.3 Å². The number of anilines is 1. The molecule has 0 bridgehead atoms. The molecule has 1 aliphatic heterocycles. The summed E-state index contributed by atoms with van der Waals surface area (Å²) < 4.78 is 5.58.